The molecule has 0 bridgehead atoms. The number of hydrogen-bond acceptors (Lipinski definition) is 3. The van der Waals surface area contributed by atoms with Crippen molar-refractivity contribution in [1.29, 1.82) is 0 Å². The van der Waals surface area contributed by atoms with E-state index in [9.17, 15) is 9.59 Å². The smallest absolute Gasteiger partial charge is 0.242 e. The van der Waals surface area contributed by atoms with E-state index in [0.29, 0.717) is 18.8 Å². The zero-order valence-corrected chi connectivity index (χ0v) is 11.0. The van der Waals surface area contributed by atoms with Crippen LogP contribution in [0.4, 0.5) is 0 Å². The number of carbonyl (C=O) groups excluding carboxylic acids is 2. The third-order valence-corrected chi connectivity index (χ3v) is 3.17. The summed E-state index contributed by atoms with van der Waals surface area (Å²) in [6.07, 6.45) is 3.26. The normalized spacial score (nSPS) is 18.9. The van der Waals surface area contributed by atoms with Crippen LogP contribution >= 0.6 is 12.2 Å². The van der Waals surface area contributed by atoms with Crippen molar-refractivity contribution in [2.24, 2.45) is 11.3 Å². The predicted molar refractivity (Wildman–Crippen MR) is 70.2 cm³/mol. The molecule has 0 aromatic heterocycles. The average molecular weight is 254 g/mol. The van der Waals surface area contributed by atoms with Crippen molar-refractivity contribution >= 4 is 29.1 Å². The Labute approximate surface area is 107 Å². The molecule has 0 aromatic carbocycles. The van der Waals surface area contributed by atoms with Gasteiger partial charge < -0.3 is 10.6 Å². The lowest BCUT2D eigenvalue weighted by Gasteiger charge is -2.34. The maximum Gasteiger partial charge on any atom is 0.242 e. The van der Waals surface area contributed by atoms with E-state index in [1.165, 1.54) is 0 Å². The van der Waals surface area contributed by atoms with E-state index in [2.05, 4.69) is 31.1 Å². The van der Waals surface area contributed by atoms with Crippen molar-refractivity contribution in [1.82, 2.24) is 10.6 Å². The van der Waals surface area contributed by atoms with E-state index < -0.39 is 5.41 Å². The second kappa shape index (κ2) is 5.40. The van der Waals surface area contributed by atoms with E-state index in [4.69, 9.17) is 12.2 Å². The number of thiocarbonyl (C=S) groups is 1. The van der Waals surface area contributed by atoms with Crippen molar-refractivity contribution in [3.63, 3.8) is 0 Å². The highest BCUT2D eigenvalue weighted by Crippen LogP contribution is 2.32. The van der Waals surface area contributed by atoms with Gasteiger partial charge >= 0.3 is 0 Å². The lowest BCUT2D eigenvalue weighted by atomic mass is 9.76. The van der Waals surface area contributed by atoms with Crippen LogP contribution in [0, 0.1) is 11.3 Å². The van der Waals surface area contributed by atoms with Crippen LogP contribution < -0.4 is 10.6 Å². The molecular formula is C12H18N2O2S. The molecule has 1 fully saturated rings. The summed E-state index contributed by atoms with van der Waals surface area (Å²) in [6, 6.07) is 0. The van der Waals surface area contributed by atoms with Crippen LogP contribution in [0.15, 0.2) is 12.7 Å². The standard InChI is InChI=1S/C12H18N2O2S/c1-4-6-12(7-5-8(2)3)9(15)13-11(17)14-10(12)16/h4,8H,1,5-7H2,2-3H3,(H2,13,14,15,16,17). The monoisotopic (exact) mass is 254 g/mol. The first-order valence-corrected chi connectivity index (χ1v) is 6.11. The van der Waals surface area contributed by atoms with Crippen LogP contribution in [-0.2, 0) is 9.59 Å². The van der Waals surface area contributed by atoms with E-state index in [0.717, 1.165) is 6.42 Å². The molecule has 17 heavy (non-hydrogen) atoms. The topological polar surface area (TPSA) is 58.2 Å². The number of amides is 2. The predicted octanol–water partition coefficient (Wildman–Crippen LogP) is 1.52. The zero-order chi connectivity index (χ0) is 13.1. The Balaban J connectivity index is 2.95. The maximum absolute atomic E-state index is 12.0. The van der Waals surface area contributed by atoms with Crippen molar-refractivity contribution in [3.8, 4) is 0 Å². The molecule has 2 N–H and O–H groups in total. The molecule has 1 aliphatic heterocycles. The van der Waals surface area contributed by atoms with Gasteiger partial charge in [0.2, 0.25) is 11.8 Å². The first kappa shape index (κ1) is 13.8. The van der Waals surface area contributed by atoms with Crippen LogP contribution in [0.3, 0.4) is 0 Å². The lowest BCUT2D eigenvalue weighted by Crippen LogP contribution is -2.62. The van der Waals surface area contributed by atoms with Crippen LogP contribution in [-0.4, -0.2) is 16.9 Å². The molecule has 0 radical (unpaired) electrons. The molecule has 1 aliphatic rings. The molecule has 0 spiro atoms. The van der Waals surface area contributed by atoms with Gasteiger partial charge in [-0.2, -0.15) is 0 Å². The third-order valence-electron chi connectivity index (χ3n) is 2.96. The molecule has 1 saturated heterocycles. The molecule has 0 aliphatic carbocycles. The zero-order valence-electron chi connectivity index (χ0n) is 10.2. The van der Waals surface area contributed by atoms with Gasteiger partial charge in [-0.05, 0) is 37.4 Å². The summed E-state index contributed by atoms with van der Waals surface area (Å²) in [7, 11) is 0. The fourth-order valence-corrected chi connectivity index (χ4v) is 2.06. The van der Waals surface area contributed by atoms with Gasteiger partial charge in [-0.3, -0.25) is 9.59 Å². The van der Waals surface area contributed by atoms with Gasteiger partial charge in [-0.15, -0.1) is 6.58 Å². The van der Waals surface area contributed by atoms with Crippen molar-refractivity contribution in [2.45, 2.75) is 33.1 Å². The summed E-state index contributed by atoms with van der Waals surface area (Å²) in [6.45, 7) is 7.74. The van der Waals surface area contributed by atoms with Gasteiger partial charge in [0.1, 0.15) is 5.41 Å². The first-order valence-electron chi connectivity index (χ1n) is 5.70. The number of hydrogen-bond donors (Lipinski definition) is 2. The molecule has 0 aromatic rings. The van der Waals surface area contributed by atoms with Gasteiger partial charge in [-0.25, -0.2) is 0 Å². The SMILES string of the molecule is C=CCC1(CCC(C)C)C(=O)NC(=S)NC1=O. The van der Waals surface area contributed by atoms with Gasteiger partial charge in [-0.1, -0.05) is 19.9 Å². The largest absolute Gasteiger partial charge is 0.302 e. The molecule has 1 rings (SSSR count). The molecule has 2 amide bonds. The van der Waals surface area contributed by atoms with Gasteiger partial charge in [0.15, 0.2) is 5.11 Å². The molecule has 0 unspecified atom stereocenters. The highest BCUT2D eigenvalue weighted by molar-refractivity contribution is 7.80. The van der Waals surface area contributed by atoms with Crippen molar-refractivity contribution in [3.05, 3.63) is 12.7 Å². The summed E-state index contributed by atoms with van der Waals surface area (Å²) >= 11 is 4.79. The Morgan fingerprint density at radius 1 is 1.35 bits per heavy atom. The minimum Gasteiger partial charge on any atom is -0.302 e. The highest BCUT2D eigenvalue weighted by atomic mass is 32.1. The van der Waals surface area contributed by atoms with Crippen LogP contribution in [0.25, 0.3) is 0 Å². The molecule has 4 nitrogen and oxygen atoms in total. The Bertz CT molecular complexity index is 344. The minimum absolute atomic E-state index is 0.0873. The van der Waals surface area contributed by atoms with E-state index in [1.807, 2.05) is 0 Å². The summed E-state index contributed by atoms with van der Waals surface area (Å²) in [5, 5.41) is 5.13. The highest BCUT2D eigenvalue weighted by Gasteiger charge is 2.47. The number of allylic oxidation sites excluding steroid dienone is 1. The summed E-state index contributed by atoms with van der Waals surface area (Å²) in [5.74, 6) is -0.190. The summed E-state index contributed by atoms with van der Waals surface area (Å²) < 4.78 is 0. The second-order valence-electron chi connectivity index (χ2n) is 4.74. The Kier molecular flexibility index (Phi) is 4.40. The fraction of sp³-hybridized carbons (Fsp3) is 0.583. The summed E-state index contributed by atoms with van der Waals surface area (Å²) in [5.41, 5.74) is -1.05. The second-order valence-corrected chi connectivity index (χ2v) is 5.15. The van der Waals surface area contributed by atoms with Gasteiger partial charge in [0.25, 0.3) is 0 Å². The minimum atomic E-state index is -1.05. The van der Waals surface area contributed by atoms with Gasteiger partial charge in [0, 0.05) is 0 Å². The van der Waals surface area contributed by atoms with E-state index in [-0.39, 0.29) is 16.9 Å². The quantitative estimate of drug-likeness (QED) is 0.444. The Morgan fingerprint density at radius 3 is 2.29 bits per heavy atom. The lowest BCUT2D eigenvalue weighted by molar-refractivity contribution is -0.144. The average Bonchev–Trinajstić information content (AvgIpc) is 2.21. The van der Waals surface area contributed by atoms with Crippen LogP contribution in [0.5, 0.6) is 0 Å². The molecule has 0 saturated carbocycles. The third kappa shape index (κ3) is 2.91. The number of nitrogens with one attached hydrogen (secondary N) is 2. The number of carbonyl (C=O) groups is 2. The van der Waals surface area contributed by atoms with Crippen LogP contribution in [0.1, 0.15) is 33.1 Å². The molecular weight excluding hydrogens is 236 g/mol. The Hall–Kier alpha value is -1.23. The van der Waals surface area contributed by atoms with Crippen molar-refractivity contribution in [2.75, 3.05) is 0 Å². The van der Waals surface area contributed by atoms with Gasteiger partial charge in [0.05, 0.1) is 0 Å². The Morgan fingerprint density at radius 2 is 1.88 bits per heavy atom. The van der Waals surface area contributed by atoms with E-state index in [1.54, 1.807) is 6.08 Å². The number of rotatable bonds is 5. The summed E-state index contributed by atoms with van der Waals surface area (Å²) in [4.78, 5) is 24.1. The van der Waals surface area contributed by atoms with Crippen LogP contribution in [0.2, 0.25) is 0 Å². The molecule has 94 valence electrons. The molecule has 1 heterocycles. The molecule has 5 heteroatoms. The fourth-order valence-electron chi connectivity index (χ4n) is 1.88. The first-order chi connectivity index (χ1) is 7.92. The molecule has 0 atom stereocenters. The maximum atomic E-state index is 12.0. The van der Waals surface area contributed by atoms with E-state index >= 15 is 0 Å². The van der Waals surface area contributed by atoms with Crippen molar-refractivity contribution < 1.29 is 9.59 Å².